The first-order valence-corrected chi connectivity index (χ1v) is 17.2. The van der Waals surface area contributed by atoms with Gasteiger partial charge < -0.3 is 48.1 Å². The lowest BCUT2D eigenvalue weighted by Gasteiger charge is -2.30. The molecule has 16 nitrogen and oxygen atoms in total. The quantitative estimate of drug-likeness (QED) is 0.0493. The van der Waals surface area contributed by atoms with E-state index in [1.54, 1.807) is 0 Å². The minimum absolute atomic E-state index is 0.0776. The predicted octanol–water partition coefficient (Wildman–Crippen LogP) is -1.68. The average Bonchev–Trinajstić information content (AvgIpc) is 3.72. The number of hydrogen-bond acceptors (Lipinski definition) is 9. The highest BCUT2D eigenvalue weighted by atomic mass is 32.2. The van der Waals surface area contributed by atoms with Gasteiger partial charge in [-0.3, -0.25) is 29.0 Å². The summed E-state index contributed by atoms with van der Waals surface area (Å²) in [6.07, 6.45) is 5.15. The first-order chi connectivity index (χ1) is 21.8. The Bertz CT molecular complexity index is 1120. The predicted molar refractivity (Wildman–Crippen MR) is 174 cm³/mol. The van der Waals surface area contributed by atoms with Gasteiger partial charge in [-0.15, -0.1) is 0 Å². The topological polar surface area (TPSA) is 256 Å². The molecule has 260 valence electrons. The molecule has 2 heterocycles. The molecule has 6 unspecified atom stereocenters. The Morgan fingerprint density at radius 1 is 0.957 bits per heavy atom. The van der Waals surface area contributed by atoms with Gasteiger partial charge in [0.1, 0.15) is 24.2 Å². The number of nitrogens with one attached hydrogen (secondary N) is 3. The number of nitrogens with two attached hydrogens (primary N) is 3. The minimum Gasteiger partial charge on any atom is -0.480 e. The summed E-state index contributed by atoms with van der Waals surface area (Å²) in [4.78, 5) is 84.1. The van der Waals surface area contributed by atoms with Gasteiger partial charge >= 0.3 is 5.97 Å². The van der Waals surface area contributed by atoms with E-state index >= 15 is 0 Å². The summed E-state index contributed by atoms with van der Waals surface area (Å²) in [5.74, 6) is -3.23. The van der Waals surface area contributed by atoms with Gasteiger partial charge in [-0.1, -0.05) is 20.3 Å². The summed E-state index contributed by atoms with van der Waals surface area (Å²) in [7, 11) is 0. The Hall–Kier alpha value is -3.60. The van der Waals surface area contributed by atoms with Crippen LogP contribution >= 0.6 is 11.8 Å². The van der Waals surface area contributed by atoms with E-state index in [2.05, 4.69) is 20.9 Å². The molecule has 0 aromatic heterocycles. The van der Waals surface area contributed by atoms with Crippen LogP contribution in [0.3, 0.4) is 0 Å². The molecular formula is C29H51N9O7S. The largest absolute Gasteiger partial charge is 0.480 e. The number of carboxylic acid groups (broad SMARTS) is 1. The third kappa shape index (κ3) is 11.3. The van der Waals surface area contributed by atoms with Crippen LogP contribution in [0.2, 0.25) is 0 Å². The first-order valence-electron chi connectivity index (χ1n) is 15.8. The van der Waals surface area contributed by atoms with Crippen molar-refractivity contribution < 1.29 is 33.9 Å². The van der Waals surface area contributed by atoms with Crippen molar-refractivity contribution >= 4 is 53.2 Å². The number of carboxylic acids is 1. The molecule has 0 aliphatic carbocycles. The maximum absolute atomic E-state index is 13.5. The van der Waals surface area contributed by atoms with Crippen molar-refractivity contribution in [3.8, 4) is 0 Å². The zero-order valence-electron chi connectivity index (χ0n) is 27.0. The van der Waals surface area contributed by atoms with E-state index in [4.69, 9.17) is 17.2 Å². The molecule has 0 bridgehead atoms. The molecule has 2 aliphatic heterocycles. The lowest BCUT2D eigenvalue weighted by atomic mass is 9.99. The van der Waals surface area contributed by atoms with Gasteiger partial charge in [-0.05, 0) is 62.9 Å². The average molecular weight is 670 g/mol. The van der Waals surface area contributed by atoms with Crippen LogP contribution in [0.15, 0.2) is 4.99 Å². The smallest absolute Gasteiger partial charge is 0.326 e. The summed E-state index contributed by atoms with van der Waals surface area (Å²) >= 11 is 1.51. The van der Waals surface area contributed by atoms with Crippen molar-refractivity contribution in [1.82, 2.24) is 25.8 Å². The van der Waals surface area contributed by atoms with Crippen LogP contribution in [0.4, 0.5) is 0 Å². The number of aliphatic imine (C=N–C) groups is 1. The van der Waals surface area contributed by atoms with Gasteiger partial charge in [-0.2, -0.15) is 11.8 Å². The third-order valence-electron chi connectivity index (χ3n) is 8.47. The number of nitrogens with zero attached hydrogens (tertiary/aromatic N) is 3. The van der Waals surface area contributed by atoms with Gasteiger partial charge in [0.2, 0.25) is 29.5 Å². The van der Waals surface area contributed by atoms with Crippen LogP contribution < -0.4 is 33.2 Å². The third-order valence-corrected chi connectivity index (χ3v) is 9.12. The maximum atomic E-state index is 13.5. The highest BCUT2D eigenvalue weighted by Crippen LogP contribution is 2.21. The second-order valence-electron chi connectivity index (χ2n) is 11.8. The highest BCUT2D eigenvalue weighted by Gasteiger charge is 2.40. The van der Waals surface area contributed by atoms with Gasteiger partial charge in [-0.25, -0.2) is 4.79 Å². The number of amides is 5. The monoisotopic (exact) mass is 669 g/mol. The Kier molecular flexibility index (Phi) is 16.1. The van der Waals surface area contributed by atoms with Gasteiger partial charge in [0.05, 0.1) is 12.6 Å². The van der Waals surface area contributed by atoms with Crippen molar-refractivity contribution in [2.45, 2.75) is 95.4 Å². The minimum atomic E-state index is -1.11. The molecule has 0 aromatic carbocycles. The van der Waals surface area contributed by atoms with Gasteiger partial charge in [0.25, 0.3) is 0 Å². The van der Waals surface area contributed by atoms with E-state index in [1.165, 1.54) is 21.6 Å². The number of thioether (sulfide) groups is 1. The fourth-order valence-electron chi connectivity index (χ4n) is 5.53. The zero-order chi connectivity index (χ0) is 34.4. The van der Waals surface area contributed by atoms with Crippen LogP contribution in [-0.4, -0.2) is 125 Å². The number of hydrogen-bond donors (Lipinski definition) is 7. The first kappa shape index (κ1) is 38.6. The lowest BCUT2D eigenvalue weighted by Crippen LogP contribution is -2.56. The van der Waals surface area contributed by atoms with Crippen LogP contribution in [0.25, 0.3) is 0 Å². The van der Waals surface area contributed by atoms with E-state index in [0.717, 1.165) is 0 Å². The Morgan fingerprint density at radius 3 is 2.22 bits per heavy atom. The zero-order valence-corrected chi connectivity index (χ0v) is 27.9. The Morgan fingerprint density at radius 2 is 1.61 bits per heavy atom. The normalized spacial score (nSPS) is 20.3. The van der Waals surface area contributed by atoms with Gasteiger partial charge in [0, 0.05) is 19.6 Å². The van der Waals surface area contributed by atoms with Crippen LogP contribution in [0, 0.1) is 5.92 Å². The van der Waals surface area contributed by atoms with Crippen molar-refractivity contribution in [2.75, 3.05) is 38.2 Å². The lowest BCUT2D eigenvalue weighted by molar-refractivity contribution is -0.149. The standard InChI is InChI=1S/C29H51N9O7S/c1-4-17(2)23(30)26(42)35-18(11-15-46-3)24(40)34-16-22(39)37-13-6-9-20(37)25(41)36-19(8-5-12-33-29(31)32)27(43)38-14-7-10-21(38)28(44)45/h17-21,23H,4-16,30H2,1-3H3,(H,34,40)(H,35,42)(H,36,41)(H,44,45)(H4,31,32,33). The van der Waals surface area contributed by atoms with E-state index in [1.807, 2.05) is 20.1 Å². The summed E-state index contributed by atoms with van der Waals surface area (Å²) < 4.78 is 0. The molecule has 2 saturated heterocycles. The number of rotatable bonds is 18. The molecule has 0 radical (unpaired) electrons. The molecule has 6 atom stereocenters. The van der Waals surface area contributed by atoms with E-state index in [0.29, 0.717) is 50.7 Å². The van der Waals surface area contributed by atoms with Crippen LogP contribution in [0.5, 0.6) is 0 Å². The molecule has 10 N–H and O–H groups in total. The van der Waals surface area contributed by atoms with Crippen molar-refractivity contribution in [2.24, 2.45) is 28.1 Å². The molecule has 2 rings (SSSR count). The SMILES string of the molecule is CCC(C)C(N)C(=O)NC(CCSC)C(=O)NCC(=O)N1CCCC1C(=O)NC(CCCN=C(N)N)C(=O)N1CCCC1C(=O)O. The molecule has 0 spiro atoms. The molecule has 46 heavy (non-hydrogen) atoms. The summed E-state index contributed by atoms with van der Waals surface area (Å²) in [5.41, 5.74) is 16.8. The molecular weight excluding hydrogens is 618 g/mol. The molecule has 2 aliphatic rings. The van der Waals surface area contributed by atoms with Crippen molar-refractivity contribution in [3.63, 3.8) is 0 Å². The number of carbonyl (C=O) groups is 6. The molecule has 17 heteroatoms. The van der Waals surface area contributed by atoms with E-state index in [9.17, 15) is 33.9 Å². The second kappa shape index (κ2) is 19.2. The molecule has 0 aromatic rings. The summed E-state index contributed by atoms with van der Waals surface area (Å²) in [5, 5.41) is 17.6. The van der Waals surface area contributed by atoms with E-state index < -0.39 is 65.7 Å². The fraction of sp³-hybridized carbons (Fsp3) is 0.759. The molecule has 2 fully saturated rings. The number of likely N-dealkylation sites (tertiary alicyclic amines) is 2. The van der Waals surface area contributed by atoms with Crippen molar-refractivity contribution in [1.29, 1.82) is 0 Å². The number of aliphatic carboxylic acids is 1. The van der Waals surface area contributed by atoms with Gasteiger partial charge in [0.15, 0.2) is 5.96 Å². The number of guanidine groups is 1. The van der Waals surface area contributed by atoms with E-state index in [-0.39, 0.29) is 44.5 Å². The summed E-state index contributed by atoms with van der Waals surface area (Å²) in [6.45, 7) is 4.13. The van der Waals surface area contributed by atoms with Crippen LogP contribution in [-0.2, 0) is 28.8 Å². The Balaban J connectivity index is 2.07. The molecule has 0 saturated carbocycles. The number of carbonyl (C=O) groups excluding carboxylic acids is 5. The molecule has 5 amide bonds. The maximum Gasteiger partial charge on any atom is 0.326 e. The Labute approximate surface area is 274 Å². The summed E-state index contributed by atoms with van der Waals surface area (Å²) in [6, 6.07) is -4.56. The van der Waals surface area contributed by atoms with Crippen molar-refractivity contribution in [3.05, 3.63) is 0 Å². The van der Waals surface area contributed by atoms with Crippen LogP contribution in [0.1, 0.15) is 65.2 Å². The second-order valence-corrected chi connectivity index (χ2v) is 12.7. The fourth-order valence-corrected chi connectivity index (χ4v) is 6.00. The highest BCUT2D eigenvalue weighted by molar-refractivity contribution is 7.98.